The molecule has 0 radical (unpaired) electrons. The average molecular weight is 385 g/mol. The third-order valence-corrected chi connectivity index (χ3v) is 5.74. The van der Waals surface area contributed by atoms with Gasteiger partial charge in [0.1, 0.15) is 5.39 Å². The molecule has 28 heavy (non-hydrogen) atoms. The van der Waals surface area contributed by atoms with Gasteiger partial charge in [0.05, 0.1) is 16.1 Å². The van der Waals surface area contributed by atoms with E-state index in [1.807, 2.05) is 71.6 Å². The minimum absolute atomic E-state index is 0.102. The van der Waals surface area contributed by atoms with Crippen molar-refractivity contribution < 1.29 is 0 Å². The third-order valence-electron chi connectivity index (χ3n) is 4.87. The van der Waals surface area contributed by atoms with Gasteiger partial charge >= 0.3 is 0 Å². The smallest absolute Gasteiger partial charge is 0.271 e. The van der Waals surface area contributed by atoms with E-state index in [1.165, 1.54) is 15.9 Å². The molecule has 0 bridgehead atoms. The molecule has 2 aromatic carbocycles. The zero-order chi connectivity index (χ0) is 19.3. The van der Waals surface area contributed by atoms with E-state index in [0.29, 0.717) is 22.5 Å². The van der Waals surface area contributed by atoms with Crippen molar-refractivity contribution in [3.05, 3.63) is 92.7 Å². The monoisotopic (exact) mass is 385 g/mol. The summed E-state index contributed by atoms with van der Waals surface area (Å²) in [7, 11) is 1.83. The van der Waals surface area contributed by atoms with Gasteiger partial charge in [0.2, 0.25) is 5.43 Å². The molecule has 0 spiro atoms. The molecule has 0 aliphatic heterocycles. The van der Waals surface area contributed by atoms with Crippen LogP contribution in [0.5, 0.6) is 0 Å². The number of thiophene rings is 1. The van der Waals surface area contributed by atoms with Crippen molar-refractivity contribution in [3.8, 4) is 16.4 Å². The molecule has 0 atom stereocenters. The lowest BCUT2D eigenvalue weighted by Crippen LogP contribution is -2.28. The number of aryl methyl sites for hydroxylation is 1. The summed E-state index contributed by atoms with van der Waals surface area (Å²) in [5, 5.41) is 2.56. The second-order valence-corrected chi connectivity index (χ2v) is 7.44. The lowest BCUT2D eigenvalue weighted by atomic mass is 10.1. The van der Waals surface area contributed by atoms with Crippen molar-refractivity contribution in [2.24, 2.45) is 7.05 Å². The summed E-state index contributed by atoms with van der Waals surface area (Å²) < 4.78 is 3.35. The Morgan fingerprint density at radius 2 is 1.64 bits per heavy atom. The summed E-state index contributed by atoms with van der Waals surface area (Å²) in [5.41, 5.74) is 1.18. The fraction of sp³-hybridized carbons (Fsp3) is 0.0455. The fourth-order valence-corrected chi connectivity index (χ4v) is 4.25. The maximum Gasteiger partial charge on any atom is 0.271 e. The molecule has 5 nitrogen and oxygen atoms in total. The van der Waals surface area contributed by atoms with E-state index >= 15 is 0 Å². The van der Waals surface area contributed by atoms with Crippen LogP contribution >= 0.6 is 11.3 Å². The van der Waals surface area contributed by atoms with E-state index in [0.717, 1.165) is 10.4 Å². The Morgan fingerprint density at radius 3 is 2.39 bits per heavy atom. The number of fused-ring (bicyclic) bond motifs is 2. The molecule has 3 aromatic heterocycles. The molecule has 0 unspecified atom stereocenters. The summed E-state index contributed by atoms with van der Waals surface area (Å²) in [6.45, 7) is 0. The summed E-state index contributed by atoms with van der Waals surface area (Å²) in [6.07, 6.45) is 0. The van der Waals surface area contributed by atoms with Gasteiger partial charge in [-0.2, -0.15) is 0 Å². The number of hydrogen-bond acceptors (Lipinski definition) is 4. The molecule has 0 aliphatic carbocycles. The van der Waals surface area contributed by atoms with Crippen molar-refractivity contribution in [2.75, 3.05) is 0 Å². The van der Waals surface area contributed by atoms with Crippen LogP contribution in [0.3, 0.4) is 0 Å². The summed E-state index contributed by atoms with van der Waals surface area (Å²) in [4.78, 5) is 32.4. The van der Waals surface area contributed by atoms with E-state index in [-0.39, 0.29) is 16.4 Å². The summed E-state index contributed by atoms with van der Waals surface area (Å²) in [5.74, 6) is 0.531. The van der Waals surface area contributed by atoms with Gasteiger partial charge in [-0.25, -0.2) is 4.98 Å². The van der Waals surface area contributed by atoms with Gasteiger partial charge in [-0.1, -0.05) is 36.4 Å². The van der Waals surface area contributed by atoms with Gasteiger partial charge in [0.15, 0.2) is 11.5 Å². The Bertz CT molecular complexity index is 1450. The molecule has 0 saturated carbocycles. The van der Waals surface area contributed by atoms with Crippen LogP contribution in [0.15, 0.2) is 81.7 Å². The normalized spacial score (nSPS) is 11.3. The molecule has 5 aromatic rings. The molecular formula is C22H15N3O2S. The minimum Gasteiger partial charge on any atom is -0.328 e. The lowest BCUT2D eigenvalue weighted by Gasteiger charge is -2.15. The number of hydrogen-bond donors (Lipinski definition) is 0. The molecule has 136 valence electrons. The van der Waals surface area contributed by atoms with Crippen LogP contribution in [0, 0.1) is 0 Å². The second kappa shape index (κ2) is 6.28. The van der Waals surface area contributed by atoms with Gasteiger partial charge < -0.3 is 4.57 Å². The summed E-state index contributed by atoms with van der Waals surface area (Å²) in [6, 6.07) is 20.4. The zero-order valence-electron chi connectivity index (χ0n) is 15.0. The Morgan fingerprint density at radius 1 is 0.893 bits per heavy atom. The molecule has 0 amide bonds. The highest BCUT2D eigenvalue weighted by Gasteiger charge is 2.20. The number of aromatic nitrogens is 3. The van der Waals surface area contributed by atoms with Gasteiger partial charge in [0.25, 0.3) is 5.56 Å². The lowest BCUT2D eigenvalue weighted by molar-refractivity contribution is 0.927. The first-order valence-corrected chi connectivity index (χ1v) is 9.68. The van der Waals surface area contributed by atoms with E-state index in [1.54, 1.807) is 12.1 Å². The molecule has 0 aliphatic rings. The largest absolute Gasteiger partial charge is 0.328 e. The van der Waals surface area contributed by atoms with Gasteiger partial charge in [-0.15, -0.1) is 11.3 Å². The van der Waals surface area contributed by atoms with Crippen molar-refractivity contribution in [2.45, 2.75) is 0 Å². The number of para-hydroxylation sites is 2. The Balaban J connectivity index is 2.04. The number of nitrogens with zero attached hydrogens (tertiary/aromatic N) is 3. The summed E-state index contributed by atoms with van der Waals surface area (Å²) >= 11 is 1.51. The minimum atomic E-state index is -0.356. The quantitative estimate of drug-likeness (QED) is 0.432. The van der Waals surface area contributed by atoms with E-state index in [4.69, 9.17) is 4.98 Å². The molecule has 0 saturated heterocycles. The van der Waals surface area contributed by atoms with Crippen LogP contribution < -0.4 is 11.0 Å². The van der Waals surface area contributed by atoms with E-state index < -0.39 is 0 Å². The molecule has 6 heteroatoms. The third kappa shape index (κ3) is 2.35. The predicted molar refractivity (Wildman–Crippen MR) is 113 cm³/mol. The first-order valence-electron chi connectivity index (χ1n) is 8.80. The highest BCUT2D eigenvalue weighted by molar-refractivity contribution is 7.13. The van der Waals surface area contributed by atoms with Crippen LogP contribution in [0.1, 0.15) is 0 Å². The molecule has 5 rings (SSSR count). The number of benzene rings is 2. The maximum absolute atomic E-state index is 13.6. The first kappa shape index (κ1) is 16.6. The van der Waals surface area contributed by atoms with Crippen LogP contribution in [-0.2, 0) is 7.05 Å². The number of pyridine rings is 1. The maximum atomic E-state index is 13.6. The van der Waals surface area contributed by atoms with Crippen molar-refractivity contribution in [3.63, 3.8) is 0 Å². The molecule has 3 heterocycles. The van der Waals surface area contributed by atoms with Gasteiger partial charge in [-0.3, -0.25) is 14.2 Å². The zero-order valence-corrected chi connectivity index (χ0v) is 15.8. The van der Waals surface area contributed by atoms with Crippen LogP contribution in [0.25, 0.3) is 38.3 Å². The SMILES string of the molecule is Cn1c2ccccc2c(=O)c2c(=O)n(-c3ccccc3)c(-c3cccs3)nc21. The van der Waals surface area contributed by atoms with Crippen LogP contribution in [0.2, 0.25) is 0 Å². The Hall–Kier alpha value is -3.51. The van der Waals surface area contributed by atoms with Gasteiger partial charge in [-0.05, 0) is 35.7 Å². The molecular weight excluding hydrogens is 370 g/mol. The standard InChI is InChI=1S/C22H15N3O2S/c1-24-16-11-6-5-10-15(16)19(26)18-21(24)23-20(17-12-7-13-28-17)25(22(18)27)14-8-3-2-4-9-14/h2-13H,1H3. The average Bonchev–Trinajstić information content (AvgIpc) is 3.27. The van der Waals surface area contributed by atoms with E-state index in [2.05, 4.69) is 0 Å². The van der Waals surface area contributed by atoms with Gasteiger partial charge in [0, 0.05) is 12.4 Å². The van der Waals surface area contributed by atoms with Crippen LogP contribution in [-0.4, -0.2) is 14.1 Å². The topological polar surface area (TPSA) is 56.9 Å². The Labute approximate surface area is 163 Å². The van der Waals surface area contributed by atoms with Crippen molar-refractivity contribution in [1.29, 1.82) is 0 Å². The van der Waals surface area contributed by atoms with Crippen molar-refractivity contribution >= 4 is 33.3 Å². The second-order valence-electron chi connectivity index (χ2n) is 6.49. The van der Waals surface area contributed by atoms with Crippen LogP contribution in [0.4, 0.5) is 0 Å². The van der Waals surface area contributed by atoms with Crippen molar-refractivity contribution in [1.82, 2.24) is 14.1 Å². The highest BCUT2D eigenvalue weighted by Crippen LogP contribution is 2.26. The number of rotatable bonds is 2. The Kier molecular flexibility index (Phi) is 3.74. The highest BCUT2D eigenvalue weighted by atomic mass is 32.1. The first-order chi connectivity index (χ1) is 13.7. The predicted octanol–water partition coefficient (Wildman–Crippen LogP) is 3.97. The molecule has 0 fully saturated rings. The molecule has 0 N–H and O–H groups in total. The fourth-order valence-electron chi connectivity index (χ4n) is 3.55. The van der Waals surface area contributed by atoms with E-state index in [9.17, 15) is 9.59 Å².